The largest absolute Gasteiger partial charge is 0.368 e. The summed E-state index contributed by atoms with van der Waals surface area (Å²) in [5, 5.41) is 2.35. The van der Waals surface area contributed by atoms with E-state index in [0.717, 1.165) is 12.1 Å². The van der Waals surface area contributed by atoms with E-state index in [1.165, 1.54) is 18.2 Å². The van der Waals surface area contributed by atoms with E-state index < -0.39 is 35.3 Å². The minimum Gasteiger partial charge on any atom is -0.368 e. The number of nitrogens with one attached hydrogen (secondary N) is 1. The summed E-state index contributed by atoms with van der Waals surface area (Å²) < 4.78 is 39.9. The summed E-state index contributed by atoms with van der Waals surface area (Å²) in [5.41, 5.74) is 5.56. The molecule has 4 nitrogen and oxygen atoms in total. The summed E-state index contributed by atoms with van der Waals surface area (Å²) in [6.45, 7) is 0. The van der Waals surface area contributed by atoms with Crippen molar-refractivity contribution in [3.8, 4) is 0 Å². The molecule has 0 aliphatic carbocycles. The number of hydrogen-bond acceptors (Lipinski definition) is 2. The summed E-state index contributed by atoms with van der Waals surface area (Å²) in [4.78, 5) is 23.4. The van der Waals surface area contributed by atoms with Crippen LogP contribution in [0.3, 0.4) is 0 Å². The molecule has 0 saturated carbocycles. The summed E-state index contributed by atoms with van der Waals surface area (Å²) in [6, 6.07) is 7.36. The number of benzene rings is 2. The third kappa shape index (κ3) is 4.84. The predicted molar refractivity (Wildman–Crippen MR) is 81.3 cm³/mol. The van der Waals surface area contributed by atoms with Gasteiger partial charge in [-0.05, 0) is 29.3 Å². The fraction of sp³-hybridized carbons (Fsp3) is 0.176. The lowest BCUT2D eigenvalue weighted by Crippen LogP contribution is -2.46. The number of amides is 2. The molecule has 0 fully saturated rings. The van der Waals surface area contributed by atoms with Crippen molar-refractivity contribution in [1.29, 1.82) is 0 Å². The highest BCUT2D eigenvalue weighted by Crippen LogP contribution is 2.11. The Hall–Kier alpha value is -2.83. The molecule has 3 N–H and O–H groups in total. The quantitative estimate of drug-likeness (QED) is 0.845. The fourth-order valence-corrected chi connectivity index (χ4v) is 2.25. The third-order valence-corrected chi connectivity index (χ3v) is 3.35. The molecule has 1 atom stereocenters. The Balaban J connectivity index is 2.06. The van der Waals surface area contributed by atoms with Gasteiger partial charge in [0, 0.05) is 12.5 Å². The maximum absolute atomic E-state index is 13.6. The van der Waals surface area contributed by atoms with Gasteiger partial charge in [0.25, 0.3) is 0 Å². The van der Waals surface area contributed by atoms with E-state index in [4.69, 9.17) is 5.73 Å². The Kier molecular flexibility index (Phi) is 5.57. The number of rotatable bonds is 6. The zero-order valence-corrected chi connectivity index (χ0v) is 12.6. The highest BCUT2D eigenvalue weighted by molar-refractivity contribution is 5.87. The van der Waals surface area contributed by atoms with E-state index in [1.54, 1.807) is 6.07 Å². The molecule has 2 aromatic rings. The van der Waals surface area contributed by atoms with Crippen LogP contribution >= 0.6 is 0 Å². The van der Waals surface area contributed by atoms with Crippen LogP contribution in [0.2, 0.25) is 0 Å². The van der Waals surface area contributed by atoms with Gasteiger partial charge in [-0.1, -0.05) is 18.2 Å². The van der Waals surface area contributed by atoms with Crippen molar-refractivity contribution in [2.24, 2.45) is 5.73 Å². The summed E-state index contributed by atoms with van der Waals surface area (Å²) in [7, 11) is 0. The van der Waals surface area contributed by atoms with E-state index in [-0.39, 0.29) is 24.0 Å². The van der Waals surface area contributed by atoms with Gasteiger partial charge in [0.05, 0.1) is 6.42 Å². The van der Waals surface area contributed by atoms with Gasteiger partial charge in [0.2, 0.25) is 11.8 Å². The monoisotopic (exact) mass is 336 g/mol. The molecular weight excluding hydrogens is 321 g/mol. The summed E-state index contributed by atoms with van der Waals surface area (Å²) in [6.07, 6.45) is -0.457. The Morgan fingerprint density at radius 1 is 1.04 bits per heavy atom. The molecule has 24 heavy (non-hydrogen) atoms. The topological polar surface area (TPSA) is 72.2 Å². The van der Waals surface area contributed by atoms with Crippen LogP contribution in [0.25, 0.3) is 0 Å². The Morgan fingerprint density at radius 3 is 2.25 bits per heavy atom. The van der Waals surface area contributed by atoms with E-state index in [0.29, 0.717) is 6.07 Å². The first-order valence-corrected chi connectivity index (χ1v) is 7.12. The molecule has 0 aromatic heterocycles. The van der Waals surface area contributed by atoms with Gasteiger partial charge in [0.1, 0.15) is 23.5 Å². The molecule has 0 radical (unpaired) electrons. The van der Waals surface area contributed by atoms with Gasteiger partial charge in [-0.15, -0.1) is 0 Å². The molecule has 0 heterocycles. The van der Waals surface area contributed by atoms with Gasteiger partial charge in [-0.25, -0.2) is 13.2 Å². The average molecular weight is 336 g/mol. The molecule has 0 aliphatic heterocycles. The molecule has 0 spiro atoms. The second kappa shape index (κ2) is 7.63. The van der Waals surface area contributed by atoms with Gasteiger partial charge >= 0.3 is 0 Å². The second-order valence-electron chi connectivity index (χ2n) is 5.27. The average Bonchev–Trinajstić information content (AvgIpc) is 2.47. The number of halogens is 3. The van der Waals surface area contributed by atoms with E-state index in [2.05, 4.69) is 5.32 Å². The SMILES string of the molecule is NC(=O)[C@H](Cc1ccccc1F)NC(=O)Cc1cc(F)cc(F)c1. The van der Waals surface area contributed by atoms with Gasteiger partial charge in [-0.3, -0.25) is 9.59 Å². The predicted octanol–water partition coefficient (Wildman–Crippen LogP) is 1.86. The lowest BCUT2D eigenvalue weighted by Gasteiger charge is -2.16. The van der Waals surface area contributed by atoms with Crippen molar-refractivity contribution in [3.05, 3.63) is 71.0 Å². The molecule has 7 heteroatoms. The van der Waals surface area contributed by atoms with Crippen LogP contribution < -0.4 is 11.1 Å². The Labute approximate surface area is 136 Å². The maximum atomic E-state index is 13.6. The minimum atomic E-state index is -1.13. The van der Waals surface area contributed by atoms with Crippen LogP contribution in [0.15, 0.2) is 42.5 Å². The van der Waals surface area contributed by atoms with E-state index in [1.807, 2.05) is 0 Å². The number of carbonyl (C=O) groups excluding carboxylic acids is 2. The Morgan fingerprint density at radius 2 is 1.67 bits per heavy atom. The maximum Gasteiger partial charge on any atom is 0.240 e. The first-order chi connectivity index (χ1) is 11.3. The summed E-state index contributed by atoms with van der Waals surface area (Å²) in [5.74, 6) is -3.63. The first kappa shape index (κ1) is 17.5. The molecular formula is C17H15F3N2O2. The van der Waals surface area contributed by atoms with Gasteiger partial charge in [0.15, 0.2) is 0 Å². The zero-order valence-electron chi connectivity index (χ0n) is 12.6. The molecule has 2 aromatic carbocycles. The molecule has 126 valence electrons. The Bertz CT molecular complexity index is 745. The highest BCUT2D eigenvalue weighted by Gasteiger charge is 2.20. The van der Waals surface area contributed by atoms with Crippen LogP contribution in [-0.4, -0.2) is 17.9 Å². The number of hydrogen-bond donors (Lipinski definition) is 2. The lowest BCUT2D eigenvalue weighted by molar-refractivity contribution is -0.127. The minimum absolute atomic E-state index is 0.110. The number of carbonyl (C=O) groups is 2. The number of primary amides is 1. The summed E-state index contributed by atoms with van der Waals surface area (Å²) >= 11 is 0. The molecule has 2 rings (SSSR count). The first-order valence-electron chi connectivity index (χ1n) is 7.12. The van der Waals surface area contributed by atoms with Crippen LogP contribution in [-0.2, 0) is 22.4 Å². The van der Waals surface area contributed by atoms with Crippen LogP contribution in [0, 0.1) is 17.5 Å². The van der Waals surface area contributed by atoms with Crippen LogP contribution in [0.5, 0.6) is 0 Å². The zero-order chi connectivity index (χ0) is 17.7. The van der Waals surface area contributed by atoms with Crippen molar-refractivity contribution in [1.82, 2.24) is 5.32 Å². The third-order valence-electron chi connectivity index (χ3n) is 3.35. The second-order valence-corrected chi connectivity index (χ2v) is 5.27. The normalized spacial score (nSPS) is 11.8. The van der Waals surface area contributed by atoms with E-state index >= 15 is 0 Å². The molecule has 2 amide bonds. The van der Waals surface area contributed by atoms with Crippen molar-refractivity contribution in [2.75, 3.05) is 0 Å². The number of nitrogens with two attached hydrogens (primary N) is 1. The highest BCUT2D eigenvalue weighted by atomic mass is 19.1. The fourth-order valence-electron chi connectivity index (χ4n) is 2.25. The van der Waals surface area contributed by atoms with Crippen molar-refractivity contribution in [2.45, 2.75) is 18.9 Å². The van der Waals surface area contributed by atoms with Crippen molar-refractivity contribution in [3.63, 3.8) is 0 Å². The van der Waals surface area contributed by atoms with Gasteiger partial charge in [-0.2, -0.15) is 0 Å². The van der Waals surface area contributed by atoms with Crippen molar-refractivity contribution < 1.29 is 22.8 Å². The molecule has 0 bridgehead atoms. The van der Waals surface area contributed by atoms with Crippen LogP contribution in [0.4, 0.5) is 13.2 Å². The smallest absolute Gasteiger partial charge is 0.240 e. The molecule has 0 unspecified atom stereocenters. The van der Waals surface area contributed by atoms with Gasteiger partial charge < -0.3 is 11.1 Å². The molecule has 0 saturated heterocycles. The van der Waals surface area contributed by atoms with Crippen LogP contribution in [0.1, 0.15) is 11.1 Å². The molecule has 0 aliphatic rings. The van der Waals surface area contributed by atoms with E-state index in [9.17, 15) is 22.8 Å². The van der Waals surface area contributed by atoms with Crippen molar-refractivity contribution >= 4 is 11.8 Å². The standard InChI is InChI=1S/C17H15F3N2O2/c18-12-5-10(6-13(19)9-12)7-16(23)22-15(17(21)24)8-11-3-1-2-4-14(11)20/h1-6,9,15H,7-8H2,(H2,21,24)(H,22,23)/t15-/m0/s1. The lowest BCUT2D eigenvalue weighted by atomic mass is 10.0.